The number of nitrogens with two attached hydrogens (primary N) is 1. The van der Waals surface area contributed by atoms with Gasteiger partial charge >= 0.3 is 0 Å². The highest BCUT2D eigenvalue weighted by atomic mass is 35.5. The summed E-state index contributed by atoms with van der Waals surface area (Å²) in [5.74, 6) is 5.69. The molecule has 1 aromatic heterocycles. The van der Waals surface area contributed by atoms with Crippen molar-refractivity contribution in [2.24, 2.45) is 5.84 Å². The SMILES string of the molecule is CCn1nc(C)cc1C(NN)c1ccc(Cl)c(Cl)c1. The Balaban J connectivity index is 2.46. The van der Waals surface area contributed by atoms with Crippen molar-refractivity contribution in [3.8, 4) is 0 Å². The van der Waals surface area contributed by atoms with Crippen molar-refractivity contribution in [3.63, 3.8) is 0 Å². The minimum atomic E-state index is -0.170. The fourth-order valence-corrected chi connectivity index (χ4v) is 2.40. The van der Waals surface area contributed by atoms with E-state index in [0.717, 1.165) is 23.5 Å². The third-order valence-corrected chi connectivity index (χ3v) is 3.71. The predicted molar refractivity (Wildman–Crippen MR) is 78.3 cm³/mol. The summed E-state index contributed by atoms with van der Waals surface area (Å²) in [5, 5.41) is 5.47. The van der Waals surface area contributed by atoms with Gasteiger partial charge in [-0.15, -0.1) is 0 Å². The van der Waals surface area contributed by atoms with Gasteiger partial charge in [0, 0.05) is 6.54 Å². The quantitative estimate of drug-likeness (QED) is 0.674. The first kappa shape index (κ1) is 14.3. The molecule has 102 valence electrons. The maximum atomic E-state index is 6.06. The topological polar surface area (TPSA) is 55.9 Å². The predicted octanol–water partition coefficient (Wildman–Crippen LogP) is 3.07. The minimum Gasteiger partial charge on any atom is -0.271 e. The third-order valence-electron chi connectivity index (χ3n) is 2.97. The molecule has 0 bridgehead atoms. The van der Waals surface area contributed by atoms with Crippen LogP contribution in [0.5, 0.6) is 0 Å². The number of aromatic nitrogens is 2. The van der Waals surface area contributed by atoms with Crippen molar-refractivity contribution < 1.29 is 0 Å². The molecule has 1 unspecified atom stereocenters. The van der Waals surface area contributed by atoms with Crippen LogP contribution in [0.25, 0.3) is 0 Å². The molecule has 0 saturated heterocycles. The van der Waals surface area contributed by atoms with Crippen molar-refractivity contribution in [2.75, 3.05) is 0 Å². The van der Waals surface area contributed by atoms with Gasteiger partial charge in [0.2, 0.25) is 0 Å². The molecule has 0 radical (unpaired) electrons. The number of nitrogens with zero attached hydrogens (tertiary/aromatic N) is 2. The van der Waals surface area contributed by atoms with E-state index in [1.165, 1.54) is 0 Å². The van der Waals surface area contributed by atoms with E-state index in [4.69, 9.17) is 29.0 Å². The molecule has 2 rings (SSSR count). The summed E-state index contributed by atoms with van der Waals surface area (Å²) in [6, 6.07) is 7.33. The smallest absolute Gasteiger partial charge is 0.0878 e. The van der Waals surface area contributed by atoms with Gasteiger partial charge in [0.1, 0.15) is 0 Å². The number of hydrogen-bond donors (Lipinski definition) is 2. The lowest BCUT2D eigenvalue weighted by atomic mass is 10.0. The first-order valence-corrected chi connectivity index (χ1v) is 6.77. The fourth-order valence-electron chi connectivity index (χ4n) is 2.10. The van der Waals surface area contributed by atoms with Crippen LogP contribution in [0.3, 0.4) is 0 Å². The molecule has 0 aliphatic carbocycles. The van der Waals surface area contributed by atoms with E-state index < -0.39 is 0 Å². The van der Waals surface area contributed by atoms with Crippen molar-refractivity contribution in [1.82, 2.24) is 15.2 Å². The van der Waals surface area contributed by atoms with Crippen LogP contribution >= 0.6 is 23.2 Å². The standard InChI is InChI=1S/C13H16Cl2N4/c1-3-19-12(6-8(2)18-19)13(17-16)9-4-5-10(14)11(15)7-9/h4-7,13,17H,3,16H2,1-2H3. The lowest BCUT2D eigenvalue weighted by molar-refractivity contribution is 0.542. The first-order chi connectivity index (χ1) is 9.06. The van der Waals surface area contributed by atoms with Crippen molar-refractivity contribution >= 4 is 23.2 Å². The van der Waals surface area contributed by atoms with E-state index in [1.807, 2.05) is 36.7 Å². The zero-order valence-corrected chi connectivity index (χ0v) is 12.3. The molecule has 0 fully saturated rings. The molecule has 1 heterocycles. The Hall–Kier alpha value is -1.07. The van der Waals surface area contributed by atoms with E-state index in [0.29, 0.717) is 10.0 Å². The zero-order valence-electron chi connectivity index (χ0n) is 10.8. The summed E-state index contributed by atoms with van der Waals surface area (Å²) in [7, 11) is 0. The molecule has 6 heteroatoms. The molecular formula is C13H16Cl2N4. The summed E-state index contributed by atoms with van der Waals surface area (Å²) < 4.78 is 1.92. The Morgan fingerprint density at radius 3 is 2.63 bits per heavy atom. The van der Waals surface area contributed by atoms with Crippen LogP contribution in [-0.2, 0) is 6.54 Å². The molecule has 3 N–H and O–H groups in total. The van der Waals surface area contributed by atoms with Gasteiger partial charge in [-0.25, -0.2) is 5.43 Å². The van der Waals surface area contributed by atoms with Crippen molar-refractivity contribution in [1.29, 1.82) is 0 Å². The maximum absolute atomic E-state index is 6.06. The Morgan fingerprint density at radius 2 is 2.05 bits per heavy atom. The number of halogens is 2. The Labute approximate surface area is 122 Å². The highest BCUT2D eigenvalue weighted by molar-refractivity contribution is 6.42. The largest absolute Gasteiger partial charge is 0.271 e. The van der Waals surface area contributed by atoms with Crippen LogP contribution < -0.4 is 11.3 Å². The molecule has 0 saturated carbocycles. The van der Waals surface area contributed by atoms with Crippen LogP contribution in [0.15, 0.2) is 24.3 Å². The molecule has 2 aromatic rings. The van der Waals surface area contributed by atoms with Crippen molar-refractivity contribution in [3.05, 3.63) is 51.3 Å². The summed E-state index contributed by atoms with van der Waals surface area (Å²) >= 11 is 12.0. The van der Waals surface area contributed by atoms with Gasteiger partial charge in [0.25, 0.3) is 0 Å². The Morgan fingerprint density at radius 1 is 1.32 bits per heavy atom. The highest BCUT2D eigenvalue weighted by Gasteiger charge is 2.18. The second-order valence-corrected chi connectivity index (χ2v) is 5.11. The minimum absolute atomic E-state index is 0.170. The third kappa shape index (κ3) is 2.92. The summed E-state index contributed by atoms with van der Waals surface area (Å²) in [4.78, 5) is 0. The second kappa shape index (κ2) is 5.92. The van der Waals surface area contributed by atoms with Gasteiger partial charge in [-0.05, 0) is 37.6 Å². The van der Waals surface area contributed by atoms with E-state index in [-0.39, 0.29) is 6.04 Å². The molecule has 0 aliphatic rings. The number of rotatable bonds is 4. The fraction of sp³-hybridized carbons (Fsp3) is 0.308. The van der Waals surface area contributed by atoms with Crippen LogP contribution in [-0.4, -0.2) is 9.78 Å². The molecule has 1 aromatic carbocycles. The van der Waals surface area contributed by atoms with Crippen LogP contribution in [0.4, 0.5) is 0 Å². The molecule has 1 atom stereocenters. The second-order valence-electron chi connectivity index (χ2n) is 4.30. The van der Waals surface area contributed by atoms with E-state index >= 15 is 0 Å². The molecular weight excluding hydrogens is 283 g/mol. The average molecular weight is 299 g/mol. The summed E-state index contributed by atoms with van der Waals surface area (Å²) in [6.45, 7) is 4.78. The lowest BCUT2D eigenvalue weighted by Crippen LogP contribution is -2.30. The molecule has 0 amide bonds. The summed E-state index contributed by atoms with van der Waals surface area (Å²) in [5.41, 5.74) is 5.71. The van der Waals surface area contributed by atoms with Crippen molar-refractivity contribution in [2.45, 2.75) is 26.4 Å². The monoisotopic (exact) mass is 298 g/mol. The number of aryl methyl sites for hydroxylation is 2. The van der Waals surface area contributed by atoms with Gasteiger partial charge in [-0.1, -0.05) is 29.3 Å². The normalized spacial score (nSPS) is 12.7. The van der Waals surface area contributed by atoms with Gasteiger partial charge in [-0.3, -0.25) is 10.5 Å². The van der Waals surface area contributed by atoms with Gasteiger partial charge in [0.05, 0.1) is 27.5 Å². The van der Waals surface area contributed by atoms with Gasteiger partial charge < -0.3 is 0 Å². The maximum Gasteiger partial charge on any atom is 0.0878 e. The van der Waals surface area contributed by atoms with Crippen LogP contribution in [0, 0.1) is 6.92 Å². The van der Waals surface area contributed by atoms with Gasteiger partial charge in [-0.2, -0.15) is 5.10 Å². The number of benzene rings is 1. The Bertz CT molecular complexity index is 580. The first-order valence-electron chi connectivity index (χ1n) is 6.02. The molecule has 4 nitrogen and oxygen atoms in total. The summed E-state index contributed by atoms with van der Waals surface area (Å²) in [6.07, 6.45) is 0. The van der Waals surface area contributed by atoms with Crippen LogP contribution in [0.2, 0.25) is 10.0 Å². The number of hydrazine groups is 1. The number of hydrogen-bond acceptors (Lipinski definition) is 3. The molecule has 0 aliphatic heterocycles. The van der Waals surface area contributed by atoms with Crippen LogP contribution in [0.1, 0.15) is 29.9 Å². The molecule has 19 heavy (non-hydrogen) atoms. The zero-order chi connectivity index (χ0) is 14.0. The average Bonchev–Trinajstić information content (AvgIpc) is 2.76. The number of nitrogens with one attached hydrogen (secondary N) is 1. The molecule has 0 spiro atoms. The van der Waals surface area contributed by atoms with E-state index in [9.17, 15) is 0 Å². The Kier molecular flexibility index (Phi) is 4.47. The highest BCUT2D eigenvalue weighted by Crippen LogP contribution is 2.28. The lowest BCUT2D eigenvalue weighted by Gasteiger charge is -2.18. The van der Waals surface area contributed by atoms with Gasteiger partial charge in [0.15, 0.2) is 0 Å². The van der Waals surface area contributed by atoms with E-state index in [1.54, 1.807) is 6.07 Å². The van der Waals surface area contributed by atoms with E-state index in [2.05, 4.69) is 10.5 Å².